The van der Waals surface area contributed by atoms with Crippen LogP contribution in [0.25, 0.3) is 0 Å². The van der Waals surface area contributed by atoms with Crippen LogP contribution in [0, 0.1) is 35.4 Å². The standard InChI is InChI=1S/C17H21ClFN/c1-20-14(7-9-4-5-12(18)8-13(9)19)17-15-10-2-3-11(6-10)16(15)17/h4-5,8,10-11,14-17,20H,2-3,6-7H2,1H3. The molecule has 3 heteroatoms. The normalized spacial score (nSPS) is 38.9. The average molecular weight is 294 g/mol. The molecule has 3 aliphatic rings. The van der Waals surface area contributed by atoms with Crippen LogP contribution in [0.15, 0.2) is 18.2 Å². The third kappa shape index (κ3) is 1.92. The molecule has 4 rings (SSSR count). The monoisotopic (exact) mass is 293 g/mol. The molecule has 0 heterocycles. The molecule has 1 nitrogen and oxygen atoms in total. The van der Waals surface area contributed by atoms with Gasteiger partial charge in [0.2, 0.25) is 0 Å². The van der Waals surface area contributed by atoms with E-state index in [9.17, 15) is 4.39 Å². The number of hydrogen-bond acceptors (Lipinski definition) is 1. The fourth-order valence-electron chi connectivity index (χ4n) is 5.29. The van der Waals surface area contributed by atoms with Crippen molar-refractivity contribution in [2.75, 3.05) is 7.05 Å². The third-order valence-corrected chi connectivity index (χ3v) is 6.32. The number of hydrogen-bond donors (Lipinski definition) is 1. The van der Waals surface area contributed by atoms with Gasteiger partial charge in [0.25, 0.3) is 0 Å². The molecule has 0 amide bonds. The van der Waals surface area contributed by atoms with Crippen molar-refractivity contribution in [3.05, 3.63) is 34.6 Å². The van der Waals surface area contributed by atoms with Gasteiger partial charge in [0.15, 0.2) is 0 Å². The van der Waals surface area contributed by atoms with Gasteiger partial charge in [0.05, 0.1) is 0 Å². The largest absolute Gasteiger partial charge is 0.316 e. The van der Waals surface area contributed by atoms with Crippen LogP contribution in [-0.2, 0) is 6.42 Å². The highest BCUT2D eigenvalue weighted by atomic mass is 35.5. The fourth-order valence-corrected chi connectivity index (χ4v) is 5.44. The second-order valence-corrected chi connectivity index (χ2v) is 7.34. The molecule has 5 atom stereocenters. The van der Waals surface area contributed by atoms with Gasteiger partial charge in [-0.2, -0.15) is 0 Å². The van der Waals surface area contributed by atoms with Crippen LogP contribution in [0.5, 0.6) is 0 Å². The van der Waals surface area contributed by atoms with Gasteiger partial charge in [-0.3, -0.25) is 0 Å². The van der Waals surface area contributed by atoms with E-state index in [0.717, 1.165) is 41.6 Å². The zero-order valence-electron chi connectivity index (χ0n) is 11.8. The van der Waals surface area contributed by atoms with Gasteiger partial charge < -0.3 is 5.32 Å². The summed E-state index contributed by atoms with van der Waals surface area (Å²) in [4.78, 5) is 0. The van der Waals surface area contributed by atoms with Gasteiger partial charge in [0, 0.05) is 11.1 Å². The van der Waals surface area contributed by atoms with E-state index in [1.165, 1.54) is 25.3 Å². The summed E-state index contributed by atoms with van der Waals surface area (Å²) in [5, 5.41) is 3.93. The Labute approximate surface area is 124 Å². The molecular formula is C17H21ClFN. The smallest absolute Gasteiger partial charge is 0.127 e. The van der Waals surface area contributed by atoms with Crippen LogP contribution >= 0.6 is 11.6 Å². The van der Waals surface area contributed by atoms with Crippen molar-refractivity contribution in [2.24, 2.45) is 29.6 Å². The molecule has 0 aromatic heterocycles. The predicted molar refractivity (Wildman–Crippen MR) is 79.3 cm³/mol. The Morgan fingerprint density at radius 2 is 2.00 bits per heavy atom. The molecule has 20 heavy (non-hydrogen) atoms. The van der Waals surface area contributed by atoms with Gasteiger partial charge in [-0.15, -0.1) is 0 Å². The van der Waals surface area contributed by atoms with Crippen LogP contribution in [0.1, 0.15) is 24.8 Å². The van der Waals surface area contributed by atoms with Crippen LogP contribution < -0.4 is 5.32 Å². The summed E-state index contributed by atoms with van der Waals surface area (Å²) >= 11 is 5.83. The zero-order valence-corrected chi connectivity index (χ0v) is 12.5. The Kier molecular flexibility index (Phi) is 3.08. The minimum atomic E-state index is -0.161. The Hall–Kier alpha value is -0.600. The van der Waals surface area contributed by atoms with E-state index < -0.39 is 0 Å². The first-order valence-electron chi connectivity index (χ1n) is 7.80. The van der Waals surface area contributed by atoms with E-state index in [-0.39, 0.29) is 5.82 Å². The zero-order chi connectivity index (χ0) is 13.9. The lowest BCUT2D eigenvalue weighted by molar-refractivity contribution is 0.374. The van der Waals surface area contributed by atoms with Crippen molar-refractivity contribution >= 4 is 11.6 Å². The van der Waals surface area contributed by atoms with E-state index in [0.29, 0.717) is 11.1 Å². The Morgan fingerprint density at radius 3 is 2.60 bits per heavy atom. The topological polar surface area (TPSA) is 12.0 Å². The number of nitrogens with one attached hydrogen (secondary N) is 1. The molecular weight excluding hydrogens is 273 g/mol. The van der Waals surface area contributed by atoms with Crippen LogP contribution in [0.3, 0.4) is 0 Å². The fraction of sp³-hybridized carbons (Fsp3) is 0.647. The van der Waals surface area contributed by atoms with E-state index in [1.807, 2.05) is 13.1 Å². The van der Waals surface area contributed by atoms with Crippen molar-refractivity contribution in [2.45, 2.75) is 31.7 Å². The summed E-state index contributed by atoms with van der Waals surface area (Å²) < 4.78 is 14.0. The first-order valence-corrected chi connectivity index (χ1v) is 8.18. The molecule has 0 spiro atoms. The van der Waals surface area contributed by atoms with Gasteiger partial charge in [-0.1, -0.05) is 17.7 Å². The Balaban J connectivity index is 1.50. The number of likely N-dealkylation sites (N-methyl/N-ethyl adjacent to an activating group) is 1. The minimum absolute atomic E-state index is 0.161. The Morgan fingerprint density at radius 1 is 1.30 bits per heavy atom. The summed E-state index contributed by atoms with van der Waals surface area (Å²) in [6.45, 7) is 0. The van der Waals surface area contributed by atoms with Crippen molar-refractivity contribution in [3.63, 3.8) is 0 Å². The van der Waals surface area contributed by atoms with E-state index in [2.05, 4.69) is 5.32 Å². The molecule has 1 aromatic rings. The van der Waals surface area contributed by atoms with Crippen molar-refractivity contribution in [1.29, 1.82) is 0 Å². The highest BCUT2D eigenvalue weighted by Gasteiger charge is 2.66. The highest BCUT2D eigenvalue weighted by Crippen LogP contribution is 2.70. The minimum Gasteiger partial charge on any atom is -0.316 e. The first kappa shape index (κ1) is 13.1. The van der Waals surface area contributed by atoms with Crippen LogP contribution in [-0.4, -0.2) is 13.1 Å². The van der Waals surface area contributed by atoms with Gasteiger partial charge >= 0.3 is 0 Å². The number of rotatable bonds is 4. The number of benzene rings is 1. The average Bonchev–Trinajstić information content (AvgIpc) is 2.86. The van der Waals surface area contributed by atoms with Crippen LogP contribution in [0.4, 0.5) is 4.39 Å². The molecule has 1 N–H and O–H groups in total. The molecule has 3 fully saturated rings. The summed E-state index contributed by atoms with van der Waals surface area (Å²) in [6.07, 6.45) is 5.14. The quantitative estimate of drug-likeness (QED) is 0.888. The number of fused-ring (bicyclic) bond motifs is 5. The third-order valence-electron chi connectivity index (χ3n) is 6.09. The van der Waals surface area contributed by atoms with E-state index in [1.54, 1.807) is 6.07 Å². The summed E-state index contributed by atoms with van der Waals surface area (Å²) in [5.74, 6) is 4.43. The van der Waals surface area contributed by atoms with E-state index >= 15 is 0 Å². The summed E-state index contributed by atoms with van der Waals surface area (Å²) in [6, 6.07) is 5.49. The second-order valence-electron chi connectivity index (χ2n) is 6.90. The second kappa shape index (κ2) is 4.71. The summed E-state index contributed by atoms with van der Waals surface area (Å²) in [5.41, 5.74) is 0.797. The molecule has 5 unspecified atom stereocenters. The molecule has 2 bridgehead atoms. The van der Waals surface area contributed by atoms with Gasteiger partial charge in [-0.05, 0) is 80.0 Å². The van der Waals surface area contributed by atoms with Crippen molar-refractivity contribution < 1.29 is 4.39 Å². The van der Waals surface area contributed by atoms with Gasteiger partial charge in [-0.25, -0.2) is 4.39 Å². The maximum absolute atomic E-state index is 14.0. The Bertz CT molecular complexity index is 516. The molecule has 3 aliphatic carbocycles. The molecule has 3 saturated carbocycles. The maximum Gasteiger partial charge on any atom is 0.127 e. The molecule has 1 aromatic carbocycles. The van der Waals surface area contributed by atoms with Gasteiger partial charge in [0.1, 0.15) is 5.82 Å². The predicted octanol–water partition coefficient (Wildman–Crippen LogP) is 3.90. The van der Waals surface area contributed by atoms with Crippen LogP contribution in [0.2, 0.25) is 5.02 Å². The van der Waals surface area contributed by atoms with E-state index in [4.69, 9.17) is 11.6 Å². The summed E-state index contributed by atoms with van der Waals surface area (Å²) in [7, 11) is 2.02. The lowest BCUT2D eigenvalue weighted by Gasteiger charge is -2.20. The lowest BCUT2D eigenvalue weighted by atomic mass is 9.93. The first-order chi connectivity index (χ1) is 9.69. The lowest BCUT2D eigenvalue weighted by Crippen LogP contribution is -2.32. The molecule has 0 aliphatic heterocycles. The maximum atomic E-state index is 14.0. The molecule has 0 radical (unpaired) electrons. The van der Waals surface area contributed by atoms with Crippen molar-refractivity contribution in [3.8, 4) is 0 Å². The van der Waals surface area contributed by atoms with Crippen molar-refractivity contribution in [1.82, 2.24) is 5.32 Å². The molecule has 0 saturated heterocycles. The SMILES string of the molecule is CNC(Cc1ccc(Cl)cc1F)C1C2C3CCC(C3)C21. The highest BCUT2D eigenvalue weighted by molar-refractivity contribution is 6.30. The number of halogens is 2. The molecule has 108 valence electrons.